The summed E-state index contributed by atoms with van der Waals surface area (Å²) < 4.78 is 1.70. The molecule has 1 fully saturated rings. The van der Waals surface area contributed by atoms with Crippen LogP contribution in [0.2, 0.25) is 0 Å². The predicted molar refractivity (Wildman–Crippen MR) is 94.2 cm³/mol. The monoisotopic (exact) mass is 345 g/mol. The summed E-state index contributed by atoms with van der Waals surface area (Å²) in [6.07, 6.45) is 3.37. The highest BCUT2D eigenvalue weighted by Crippen LogP contribution is 2.25. The number of tetrazole rings is 1. The fourth-order valence-electron chi connectivity index (χ4n) is 3.33. The number of hydrogen-bond donors (Lipinski definition) is 0. The number of amides is 1. The standard InChI is InChI=1S/C17H23N5OS/c1-12-7-4-5-10-15(12)22-17(18-19-20-22)24-11-16(23)21-13(2)8-6-9-14(21)3/h4-5,7,10,13-14H,6,8-9,11H2,1-3H3/t13-,14-/m0/s1. The van der Waals surface area contributed by atoms with Crippen molar-refractivity contribution in [2.75, 3.05) is 5.75 Å². The fraction of sp³-hybridized carbons (Fsp3) is 0.529. The molecular formula is C17H23N5OS. The van der Waals surface area contributed by atoms with Crippen LogP contribution in [0.25, 0.3) is 5.69 Å². The molecule has 7 heteroatoms. The Morgan fingerprint density at radius 2 is 1.96 bits per heavy atom. The van der Waals surface area contributed by atoms with Crippen molar-refractivity contribution in [1.29, 1.82) is 0 Å². The third kappa shape index (κ3) is 3.45. The third-order valence-electron chi connectivity index (χ3n) is 4.59. The highest BCUT2D eigenvalue weighted by Gasteiger charge is 2.29. The Bertz CT molecular complexity index is 707. The van der Waals surface area contributed by atoms with Crippen molar-refractivity contribution >= 4 is 17.7 Å². The molecule has 0 unspecified atom stereocenters. The van der Waals surface area contributed by atoms with Crippen LogP contribution in [0.4, 0.5) is 0 Å². The number of aryl methyl sites for hydroxylation is 1. The normalized spacial score (nSPS) is 21.0. The molecule has 2 heterocycles. The van der Waals surface area contributed by atoms with Gasteiger partial charge in [0.1, 0.15) is 0 Å². The number of thioether (sulfide) groups is 1. The van der Waals surface area contributed by atoms with Crippen LogP contribution in [0.15, 0.2) is 29.4 Å². The first-order valence-corrected chi connectivity index (χ1v) is 9.35. The number of carbonyl (C=O) groups is 1. The first kappa shape index (κ1) is 17.0. The molecule has 1 amide bonds. The van der Waals surface area contributed by atoms with Gasteiger partial charge in [0.2, 0.25) is 11.1 Å². The highest BCUT2D eigenvalue weighted by molar-refractivity contribution is 7.99. The average molecular weight is 345 g/mol. The van der Waals surface area contributed by atoms with Gasteiger partial charge >= 0.3 is 0 Å². The molecule has 1 aliphatic rings. The van der Waals surface area contributed by atoms with Gasteiger partial charge < -0.3 is 4.90 Å². The van der Waals surface area contributed by atoms with Gasteiger partial charge in [0, 0.05) is 12.1 Å². The van der Waals surface area contributed by atoms with E-state index in [0.29, 0.717) is 23.0 Å². The predicted octanol–water partition coefficient (Wildman–Crippen LogP) is 2.85. The number of aromatic nitrogens is 4. The fourth-order valence-corrected chi connectivity index (χ4v) is 4.09. The summed E-state index contributed by atoms with van der Waals surface area (Å²) in [6, 6.07) is 8.57. The van der Waals surface area contributed by atoms with Crippen LogP contribution in [-0.2, 0) is 4.79 Å². The lowest BCUT2D eigenvalue weighted by atomic mass is 9.98. The van der Waals surface area contributed by atoms with Gasteiger partial charge in [-0.15, -0.1) is 5.10 Å². The summed E-state index contributed by atoms with van der Waals surface area (Å²) in [4.78, 5) is 14.7. The second-order valence-corrected chi connectivity index (χ2v) is 7.32. The minimum atomic E-state index is 0.166. The van der Waals surface area contributed by atoms with E-state index in [4.69, 9.17) is 0 Å². The Hall–Kier alpha value is -1.89. The number of piperidine rings is 1. The molecule has 0 spiro atoms. The number of benzene rings is 1. The van der Waals surface area contributed by atoms with Gasteiger partial charge in [-0.25, -0.2) is 0 Å². The van der Waals surface area contributed by atoms with Gasteiger partial charge in [-0.2, -0.15) is 4.68 Å². The number of likely N-dealkylation sites (tertiary alicyclic amines) is 1. The van der Waals surface area contributed by atoms with Crippen LogP contribution in [0.1, 0.15) is 38.7 Å². The Balaban J connectivity index is 1.71. The zero-order valence-corrected chi connectivity index (χ0v) is 15.2. The van der Waals surface area contributed by atoms with Crippen molar-refractivity contribution in [3.05, 3.63) is 29.8 Å². The molecule has 0 N–H and O–H groups in total. The van der Waals surface area contributed by atoms with Crippen molar-refractivity contribution in [3.63, 3.8) is 0 Å². The molecule has 128 valence electrons. The summed E-state index contributed by atoms with van der Waals surface area (Å²) in [5.41, 5.74) is 2.04. The maximum Gasteiger partial charge on any atom is 0.233 e. The lowest BCUT2D eigenvalue weighted by molar-refractivity contribution is -0.134. The van der Waals surface area contributed by atoms with Gasteiger partial charge in [0.05, 0.1) is 11.4 Å². The van der Waals surface area contributed by atoms with Crippen molar-refractivity contribution < 1.29 is 4.79 Å². The lowest BCUT2D eigenvalue weighted by Gasteiger charge is -2.39. The van der Waals surface area contributed by atoms with Gasteiger partial charge in [-0.05, 0) is 62.1 Å². The second-order valence-electron chi connectivity index (χ2n) is 6.38. The van der Waals surface area contributed by atoms with E-state index in [0.717, 1.165) is 24.1 Å². The number of rotatable bonds is 4. The molecule has 0 saturated carbocycles. The Kier molecular flexibility index (Phi) is 5.18. The van der Waals surface area contributed by atoms with E-state index in [1.54, 1.807) is 4.68 Å². The molecule has 1 aliphatic heterocycles. The third-order valence-corrected chi connectivity index (χ3v) is 5.49. The Morgan fingerprint density at radius 1 is 1.25 bits per heavy atom. The molecule has 1 aromatic heterocycles. The van der Waals surface area contributed by atoms with E-state index < -0.39 is 0 Å². The van der Waals surface area contributed by atoms with Crippen LogP contribution < -0.4 is 0 Å². The summed E-state index contributed by atoms with van der Waals surface area (Å²) in [6.45, 7) is 6.29. The number of para-hydroxylation sites is 1. The molecule has 0 aliphatic carbocycles. The number of nitrogens with zero attached hydrogens (tertiary/aromatic N) is 5. The lowest BCUT2D eigenvalue weighted by Crippen LogP contribution is -2.48. The molecular weight excluding hydrogens is 322 g/mol. The molecule has 6 nitrogen and oxygen atoms in total. The van der Waals surface area contributed by atoms with E-state index in [9.17, 15) is 4.79 Å². The molecule has 1 saturated heterocycles. The average Bonchev–Trinajstić information content (AvgIpc) is 3.01. The van der Waals surface area contributed by atoms with Gasteiger partial charge in [-0.3, -0.25) is 4.79 Å². The number of hydrogen-bond acceptors (Lipinski definition) is 5. The summed E-state index contributed by atoms with van der Waals surface area (Å²) in [7, 11) is 0. The SMILES string of the molecule is Cc1ccccc1-n1nnnc1SCC(=O)N1[C@@H](C)CCC[C@@H]1C. The van der Waals surface area contributed by atoms with Gasteiger partial charge in [0.25, 0.3) is 0 Å². The molecule has 1 aromatic carbocycles. The molecule has 0 radical (unpaired) electrons. The van der Waals surface area contributed by atoms with Crippen molar-refractivity contribution in [3.8, 4) is 5.69 Å². The minimum absolute atomic E-state index is 0.166. The topological polar surface area (TPSA) is 63.9 Å². The zero-order chi connectivity index (χ0) is 17.1. The van der Waals surface area contributed by atoms with E-state index in [1.807, 2.05) is 36.1 Å². The summed E-state index contributed by atoms with van der Waals surface area (Å²) in [5.74, 6) is 0.528. The summed E-state index contributed by atoms with van der Waals surface area (Å²) in [5, 5.41) is 12.6. The van der Waals surface area contributed by atoms with Crippen molar-refractivity contribution in [2.45, 2.75) is 57.3 Å². The molecule has 3 rings (SSSR count). The molecule has 2 atom stereocenters. The van der Waals surface area contributed by atoms with E-state index in [-0.39, 0.29) is 5.91 Å². The Morgan fingerprint density at radius 3 is 2.67 bits per heavy atom. The first-order valence-electron chi connectivity index (χ1n) is 8.36. The quantitative estimate of drug-likeness (QED) is 0.797. The Labute approximate surface area is 146 Å². The van der Waals surface area contributed by atoms with Crippen LogP contribution in [0.3, 0.4) is 0 Å². The van der Waals surface area contributed by atoms with Crippen LogP contribution in [-0.4, -0.2) is 48.9 Å². The van der Waals surface area contributed by atoms with Crippen LogP contribution >= 0.6 is 11.8 Å². The van der Waals surface area contributed by atoms with Crippen LogP contribution in [0, 0.1) is 6.92 Å². The first-order chi connectivity index (χ1) is 11.6. The van der Waals surface area contributed by atoms with Gasteiger partial charge in [0.15, 0.2) is 0 Å². The second kappa shape index (κ2) is 7.34. The maximum atomic E-state index is 12.7. The maximum absolute atomic E-state index is 12.7. The highest BCUT2D eigenvalue weighted by atomic mass is 32.2. The zero-order valence-electron chi connectivity index (χ0n) is 14.3. The minimum Gasteiger partial charge on any atom is -0.337 e. The van der Waals surface area contributed by atoms with Gasteiger partial charge in [-0.1, -0.05) is 30.0 Å². The number of carbonyl (C=O) groups excluding carboxylic acids is 1. The largest absolute Gasteiger partial charge is 0.337 e. The summed E-state index contributed by atoms with van der Waals surface area (Å²) >= 11 is 1.40. The van der Waals surface area contributed by atoms with E-state index in [1.165, 1.54) is 18.2 Å². The van der Waals surface area contributed by atoms with E-state index in [2.05, 4.69) is 29.4 Å². The molecule has 0 bridgehead atoms. The molecule has 24 heavy (non-hydrogen) atoms. The smallest absolute Gasteiger partial charge is 0.233 e. The van der Waals surface area contributed by atoms with Crippen LogP contribution in [0.5, 0.6) is 0 Å². The molecule has 2 aromatic rings. The van der Waals surface area contributed by atoms with E-state index >= 15 is 0 Å². The van der Waals surface area contributed by atoms with Crippen molar-refractivity contribution in [2.24, 2.45) is 0 Å². The van der Waals surface area contributed by atoms with Crippen molar-refractivity contribution in [1.82, 2.24) is 25.1 Å².